The first-order chi connectivity index (χ1) is 20.2. The molecule has 0 unspecified atom stereocenters. The molecule has 11 heteroatoms. The summed E-state index contributed by atoms with van der Waals surface area (Å²) in [5, 5.41) is 12.5. The fourth-order valence-electron chi connectivity index (χ4n) is 4.33. The Kier molecular flexibility index (Phi) is 7.74. The molecule has 2 aromatic heterocycles. The predicted octanol–water partition coefficient (Wildman–Crippen LogP) is 3.54. The first-order valence-electron chi connectivity index (χ1n) is 12.8. The molecular weight excluding hydrogens is 538 g/mol. The summed E-state index contributed by atoms with van der Waals surface area (Å²) in [6, 6.07) is 22.6. The van der Waals surface area contributed by atoms with Gasteiger partial charge in [-0.05, 0) is 72.6 Å². The summed E-state index contributed by atoms with van der Waals surface area (Å²) in [6.45, 7) is 2.00. The Balaban J connectivity index is 1.37. The highest BCUT2D eigenvalue weighted by atomic mass is 16.5. The van der Waals surface area contributed by atoms with Gasteiger partial charge in [-0.15, -0.1) is 0 Å². The lowest BCUT2D eigenvalue weighted by atomic mass is 10.1. The first kappa shape index (κ1) is 27.7. The van der Waals surface area contributed by atoms with E-state index >= 15 is 0 Å². The van der Waals surface area contributed by atoms with Crippen LogP contribution in [0.1, 0.15) is 37.5 Å². The van der Waals surface area contributed by atoms with Crippen molar-refractivity contribution in [3.05, 3.63) is 123 Å². The van der Waals surface area contributed by atoms with Crippen LogP contribution < -0.4 is 21.3 Å². The summed E-state index contributed by atoms with van der Waals surface area (Å²) >= 11 is 0. The summed E-state index contributed by atoms with van der Waals surface area (Å²) in [5.41, 5.74) is 8.38. The molecule has 2 heterocycles. The molecule has 42 heavy (non-hydrogen) atoms. The largest absolute Gasteiger partial charge is 0.478 e. The second-order valence-electron chi connectivity index (χ2n) is 9.46. The van der Waals surface area contributed by atoms with Gasteiger partial charge < -0.3 is 20.9 Å². The Labute approximate surface area is 239 Å². The van der Waals surface area contributed by atoms with E-state index in [0.717, 1.165) is 11.1 Å². The van der Waals surface area contributed by atoms with Crippen LogP contribution in [0.3, 0.4) is 0 Å². The third-order valence-corrected chi connectivity index (χ3v) is 6.47. The standard InChI is InChI=1S/C31H25N5O6/c1-18-25-14-15-27(38)36(28(25)35-31(34-18)42-24-12-4-19(5-13-24)16-26(32)37)23-10-8-21(9-11-23)29(39)33-17-20-2-6-22(7-3-20)30(40)41/h2-15H,16-17H2,1H3,(H2,32,37)(H,33,39)(H,40,41). The number of benzene rings is 3. The van der Waals surface area contributed by atoms with Gasteiger partial charge in [0.2, 0.25) is 5.91 Å². The number of carbonyl (C=O) groups is 3. The SMILES string of the molecule is Cc1nc(Oc2ccc(CC(N)=O)cc2)nc2c1ccc(=O)n2-c1ccc(C(=O)NCc2ccc(C(=O)O)cc2)cc1. The molecule has 0 saturated carbocycles. The van der Waals surface area contributed by atoms with E-state index in [0.29, 0.717) is 33.7 Å². The van der Waals surface area contributed by atoms with Crippen molar-refractivity contribution < 1.29 is 24.2 Å². The third-order valence-electron chi connectivity index (χ3n) is 6.47. The van der Waals surface area contributed by atoms with E-state index in [2.05, 4.69) is 15.3 Å². The number of rotatable bonds is 9. The average Bonchev–Trinajstić information content (AvgIpc) is 2.97. The predicted molar refractivity (Wildman–Crippen MR) is 154 cm³/mol. The number of pyridine rings is 1. The van der Waals surface area contributed by atoms with Gasteiger partial charge in [0.25, 0.3) is 11.5 Å². The molecule has 0 radical (unpaired) electrons. The number of aromatic carboxylic acids is 1. The van der Waals surface area contributed by atoms with Gasteiger partial charge >= 0.3 is 12.0 Å². The van der Waals surface area contributed by atoms with E-state index in [1.165, 1.54) is 22.8 Å². The van der Waals surface area contributed by atoms with Crippen molar-refractivity contribution in [2.75, 3.05) is 0 Å². The fraction of sp³-hybridized carbons (Fsp3) is 0.0968. The molecule has 4 N–H and O–H groups in total. The zero-order valence-electron chi connectivity index (χ0n) is 22.4. The minimum absolute atomic E-state index is 0.0365. The van der Waals surface area contributed by atoms with E-state index in [-0.39, 0.29) is 36.0 Å². The summed E-state index contributed by atoms with van der Waals surface area (Å²) in [7, 11) is 0. The number of hydrogen-bond donors (Lipinski definition) is 3. The maximum Gasteiger partial charge on any atom is 0.335 e. The highest BCUT2D eigenvalue weighted by Crippen LogP contribution is 2.24. The van der Waals surface area contributed by atoms with E-state index in [1.54, 1.807) is 73.7 Å². The molecule has 5 aromatic rings. The van der Waals surface area contributed by atoms with E-state index in [1.807, 2.05) is 0 Å². The van der Waals surface area contributed by atoms with Crippen LogP contribution in [0.2, 0.25) is 0 Å². The maximum absolute atomic E-state index is 13.0. The number of fused-ring (bicyclic) bond motifs is 1. The minimum Gasteiger partial charge on any atom is -0.478 e. The summed E-state index contributed by atoms with van der Waals surface area (Å²) in [4.78, 5) is 56.8. The first-order valence-corrected chi connectivity index (χ1v) is 12.8. The number of aromatic nitrogens is 3. The number of nitrogens with zero attached hydrogens (tertiary/aromatic N) is 3. The molecular formula is C31H25N5O6. The fourth-order valence-corrected chi connectivity index (χ4v) is 4.33. The number of ether oxygens (including phenoxy) is 1. The Morgan fingerprint density at radius 1 is 0.857 bits per heavy atom. The number of hydrogen-bond acceptors (Lipinski definition) is 7. The van der Waals surface area contributed by atoms with Gasteiger partial charge in [0.15, 0.2) is 5.65 Å². The molecule has 0 atom stereocenters. The van der Waals surface area contributed by atoms with Crippen LogP contribution in [0.15, 0.2) is 89.7 Å². The van der Waals surface area contributed by atoms with Gasteiger partial charge in [0.1, 0.15) is 5.75 Å². The van der Waals surface area contributed by atoms with Gasteiger partial charge in [-0.25, -0.2) is 4.79 Å². The molecule has 0 saturated heterocycles. The lowest BCUT2D eigenvalue weighted by Gasteiger charge is -2.13. The summed E-state index contributed by atoms with van der Waals surface area (Å²) < 4.78 is 7.27. The van der Waals surface area contributed by atoms with Crippen LogP contribution in [0.4, 0.5) is 0 Å². The highest BCUT2D eigenvalue weighted by Gasteiger charge is 2.14. The van der Waals surface area contributed by atoms with Crippen molar-refractivity contribution >= 4 is 28.8 Å². The number of nitrogens with two attached hydrogens (primary N) is 1. The van der Waals surface area contributed by atoms with Crippen molar-refractivity contribution in [2.45, 2.75) is 19.9 Å². The van der Waals surface area contributed by atoms with Crippen molar-refractivity contribution in [2.24, 2.45) is 5.73 Å². The molecule has 11 nitrogen and oxygen atoms in total. The Morgan fingerprint density at radius 3 is 2.14 bits per heavy atom. The lowest BCUT2D eigenvalue weighted by Crippen LogP contribution is -2.23. The summed E-state index contributed by atoms with van der Waals surface area (Å²) in [5.74, 6) is -1.34. The number of amides is 2. The van der Waals surface area contributed by atoms with Crippen LogP contribution in [0.5, 0.6) is 11.8 Å². The zero-order chi connectivity index (χ0) is 29.8. The topological polar surface area (TPSA) is 166 Å². The third kappa shape index (κ3) is 6.15. The number of carbonyl (C=O) groups excluding carboxylic acids is 2. The van der Waals surface area contributed by atoms with Crippen LogP contribution >= 0.6 is 0 Å². The molecule has 210 valence electrons. The molecule has 0 aliphatic rings. The van der Waals surface area contributed by atoms with Gasteiger partial charge in [-0.1, -0.05) is 24.3 Å². The molecule has 5 rings (SSSR count). The van der Waals surface area contributed by atoms with Gasteiger partial charge in [0.05, 0.1) is 23.4 Å². The zero-order valence-corrected chi connectivity index (χ0v) is 22.4. The number of carboxylic acid groups (broad SMARTS) is 1. The molecule has 2 amide bonds. The average molecular weight is 564 g/mol. The van der Waals surface area contributed by atoms with Crippen molar-refractivity contribution in [1.82, 2.24) is 19.9 Å². The van der Waals surface area contributed by atoms with Gasteiger partial charge in [0, 0.05) is 23.6 Å². The normalized spacial score (nSPS) is 10.8. The second kappa shape index (κ2) is 11.7. The van der Waals surface area contributed by atoms with Gasteiger partial charge in [-0.2, -0.15) is 9.97 Å². The highest BCUT2D eigenvalue weighted by molar-refractivity contribution is 5.94. The molecule has 0 aliphatic carbocycles. The Morgan fingerprint density at radius 2 is 1.50 bits per heavy atom. The van der Waals surface area contributed by atoms with Crippen LogP contribution in [-0.4, -0.2) is 37.4 Å². The molecule has 0 aliphatic heterocycles. The number of primary amides is 1. The Bertz CT molecular complexity index is 1860. The van der Waals surface area contributed by atoms with Crippen LogP contribution in [-0.2, 0) is 17.8 Å². The van der Waals surface area contributed by atoms with Gasteiger partial charge in [-0.3, -0.25) is 19.0 Å². The lowest BCUT2D eigenvalue weighted by molar-refractivity contribution is -0.117. The minimum atomic E-state index is -1.02. The van der Waals surface area contributed by atoms with Crippen LogP contribution in [0, 0.1) is 6.92 Å². The second-order valence-corrected chi connectivity index (χ2v) is 9.46. The Hall–Kier alpha value is -5.84. The number of nitrogens with one attached hydrogen (secondary N) is 1. The molecule has 0 bridgehead atoms. The van der Waals surface area contributed by atoms with E-state index in [9.17, 15) is 19.2 Å². The number of aryl methyl sites for hydroxylation is 1. The smallest absolute Gasteiger partial charge is 0.335 e. The van der Waals surface area contributed by atoms with Crippen molar-refractivity contribution in [3.63, 3.8) is 0 Å². The molecule has 0 fully saturated rings. The summed E-state index contributed by atoms with van der Waals surface area (Å²) in [6.07, 6.45) is 0.112. The molecule has 3 aromatic carbocycles. The van der Waals surface area contributed by atoms with Crippen molar-refractivity contribution in [3.8, 4) is 17.4 Å². The van der Waals surface area contributed by atoms with Crippen LogP contribution in [0.25, 0.3) is 16.7 Å². The quantitative estimate of drug-likeness (QED) is 0.245. The van der Waals surface area contributed by atoms with E-state index in [4.69, 9.17) is 15.6 Å². The number of carboxylic acids is 1. The van der Waals surface area contributed by atoms with E-state index < -0.39 is 11.9 Å². The maximum atomic E-state index is 13.0. The monoisotopic (exact) mass is 563 g/mol. The van der Waals surface area contributed by atoms with Crippen molar-refractivity contribution in [1.29, 1.82) is 0 Å². The molecule has 0 spiro atoms.